The molecule has 2 aliphatic carbocycles. The summed E-state index contributed by atoms with van der Waals surface area (Å²) in [5, 5.41) is 11.9. The monoisotopic (exact) mass is 1030 g/mol. The maximum atomic E-state index is 14.6. The first kappa shape index (κ1) is 53.8. The van der Waals surface area contributed by atoms with Crippen LogP contribution in [0.15, 0.2) is 134 Å². The van der Waals surface area contributed by atoms with Crippen LogP contribution in [0.5, 0.6) is 0 Å². The van der Waals surface area contributed by atoms with Gasteiger partial charge in [-0.3, -0.25) is 29.1 Å². The van der Waals surface area contributed by atoms with Crippen molar-refractivity contribution in [2.75, 3.05) is 0 Å². The highest BCUT2D eigenvalue weighted by Crippen LogP contribution is 2.40. The van der Waals surface area contributed by atoms with Crippen LogP contribution in [0.4, 0.5) is 35.1 Å². The van der Waals surface area contributed by atoms with Gasteiger partial charge in [0.1, 0.15) is 28.7 Å². The van der Waals surface area contributed by atoms with E-state index in [1.165, 1.54) is 30.6 Å². The van der Waals surface area contributed by atoms with E-state index < -0.39 is 69.9 Å². The number of aromatic nitrogens is 2. The van der Waals surface area contributed by atoms with E-state index in [0.29, 0.717) is 42.0 Å². The topological polar surface area (TPSA) is 152 Å². The maximum absolute atomic E-state index is 14.6. The van der Waals surface area contributed by atoms with Crippen LogP contribution in [0.1, 0.15) is 83.3 Å². The molecule has 0 bridgehead atoms. The number of nitrogens with one attached hydrogen (secondary N) is 1. The van der Waals surface area contributed by atoms with Crippen LogP contribution in [-0.4, -0.2) is 38.5 Å². The van der Waals surface area contributed by atoms with E-state index in [4.69, 9.17) is 34.0 Å². The second kappa shape index (κ2) is 22.7. The zero-order chi connectivity index (χ0) is 51.7. The van der Waals surface area contributed by atoms with E-state index >= 15 is 0 Å². The molecule has 2 fully saturated rings. The molecule has 19 heteroatoms. The smallest absolute Gasteiger partial charge is 0.416 e. The molecule has 0 radical (unpaired) electrons. The summed E-state index contributed by atoms with van der Waals surface area (Å²) < 4.78 is 109. The molecule has 372 valence electrons. The first-order valence-electron chi connectivity index (χ1n) is 21.9. The van der Waals surface area contributed by atoms with Crippen molar-refractivity contribution < 1.29 is 59.4 Å². The number of carboxylic acids is 1. The normalized spacial score (nSPS) is 17.5. The first-order chi connectivity index (χ1) is 33.4. The number of Topliss-reactive ketones (excluding diaryl/α,β-unsaturated/α-hetero) is 2. The summed E-state index contributed by atoms with van der Waals surface area (Å²) in [4.78, 5) is 54.3. The predicted octanol–water partition coefficient (Wildman–Crippen LogP) is 11.6. The van der Waals surface area contributed by atoms with Crippen molar-refractivity contribution in [2.24, 2.45) is 17.6 Å². The van der Waals surface area contributed by atoms with Crippen molar-refractivity contribution >= 4 is 46.6 Å². The number of benzene rings is 4. The van der Waals surface area contributed by atoms with Gasteiger partial charge in [0.05, 0.1) is 44.0 Å². The minimum Gasteiger partial charge on any atom is -0.481 e. The van der Waals surface area contributed by atoms with Gasteiger partial charge in [-0.05, 0) is 95.8 Å². The number of carbonyl (C=O) groups excluding carboxylic acids is 3. The van der Waals surface area contributed by atoms with E-state index in [9.17, 15) is 54.3 Å². The fraction of sp³-hybridized carbons (Fsp3) is 0.269. The Kier molecular flexibility index (Phi) is 17.2. The number of alkyl halides is 6. The Bertz CT molecular complexity index is 2840. The Morgan fingerprint density at radius 3 is 1.46 bits per heavy atom. The summed E-state index contributed by atoms with van der Waals surface area (Å²) >= 11 is 11.9. The summed E-state index contributed by atoms with van der Waals surface area (Å²) in [5.41, 5.74) is 2.89. The minimum atomic E-state index is -4.81. The van der Waals surface area contributed by atoms with E-state index in [0.717, 1.165) is 29.8 Å². The summed E-state index contributed by atoms with van der Waals surface area (Å²) in [6.45, 7) is 0. The third-order valence-corrected chi connectivity index (χ3v) is 12.4. The molecule has 4 N–H and O–H groups in total. The molecule has 2 unspecified atom stereocenters. The number of nitrogens with zero attached hydrogens (tertiary/aromatic N) is 2. The van der Waals surface area contributed by atoms with Crippen LogP contribution < -0.4 is 11.1 Å². The molecule has 4 aromatic carbocycles. The molecule has 6 aromatic rings. The van der Waals surface area contributed by atoms with E-state index in [1.807, 2.05) is 6.07 Å². The van der Waals surface area contributed by atoms with Crippen molar-refractivity contribution in [1.29, 1.82) is 0 Å². The van der Waals surface area contributed by atoms with Gasteiger partial charge in [0.25, 0.3) is 0 Å². The molecular formula is C52H44Cl2F8N4O5. The van der Waals surface area contributed by atoms with Crippen LogP contribution in [0.3, 0.4) is 0 Å². The lowest BCUT2D eigenvalue weighted by atomic mass is 9.79. The molecule has 4 atom stereocenters. The number of aliphatic carboxylic acids is 1. The number of carboxylic acid groups (broad SMARTS) is 1. The number of amides is 1. The summed E-state index contributed by atoms with van der Waals surface area (Å²) in [6.07, 6.45) is -4.88. The number of ketones is 2. The lowest BCUT2D eigenvalue weighted by molar-refractivity contribution is -0.142. The van der Waals surface area contributed by atoms with Crippen molar-refractivity contribution in [1.82, 2.24) is 15.3 Å². The molecule has 1 amide bonds. The Labute approximate surface area is 412 Å². The van der Waals surface area contributed by atoms with Gasteiger partial charge in [0.15, 0.2) is 0 Å². The molecule has 71 heavy (non-hydrogen) atoms. The average molecular weight is 1030 g/mol. The third-order valence-electron chi connectivity index (χ3n) is 12.0. The number of carbonyl (C=O) groups is 4. The number of halogens is 10. The molecule has 0 saturated heterocycles. The zero-order valence-corrected chi connectivity index (χ0v) is 38.9. The quantitative estimate of drug-likeness (QED) is 0.108. The molecule has 2 saturated carbocycles. The SMILES string of the molecule is N[C@@](Cc1ccccc1)(c1cc(F)cc(C(F)(F)F)c1)c1ccc(Cl)cn1.O=C1CCC(C(=O)N[C@@](Cc2ccccc2)(c2cc(F)cc(C(F)(F)F)c2)c2ccc(Cl)cn2)C1.O=C1CCC(C(=O)O)C1. The molecule has 8 rings (SSSR count). The number of nitrogens with two attached hydrogens (primary N) is 1. The van der Waals surface area contributed by atoms with Crippen molar-refractivity contribution in [3.05, 3.63) is 200 Å². The number of rotatable bonds is 11. The van der Waals surface area contributed by atoms with Crippen molar-refractivity contribution in [2.45, 2.75) is 74.8 Å². The minimum absolute atomic E-state index is 0.0182. The van der Waals surface area contributed by atoms with Gasteiger partial charge in [-0.15, -0.1) is 0 Å². The fourth-order valence-corrected chi connectivity index (χ4v) is 8.56. The van der Waals surface area contributed by atoms with Gasteiger partial charge in [-0.2, -0.15) is 26.3 Å². The molecule has 2 heterocycles. The van der Waals surface area contributed by atoms with E-state index in [-0.39, 0.29) is 71.2 Å². The second-order valence-electron chi connectivity index (χ2n) is 17.2. The highest BCUT2D eigenvalue weighted by Gasteiger charge is 2.43. The largest absolute Gasteiger partial charge is 0.481 e. The van der Waals surface area contributed by atoms with Crippen LogP contribution in [0, 0.1) is 23.5 Å². The van der Waals surface area contributed by atoms with Crippen LogP contribution in [0.25, 0.3) is 0 Å². The van der Waals surface area contributed by atoms with Gasteiger partial charge >= 0.3 is 18.3 Å². The molecule has 0 spiro atoms. The van der Waals surface area contributed by atoms with Crippen LogP contribution in [-0.2, 0) is 55.5 Å². The Morgan fingerprint density at radius 2 is 1.04 bits per heavy atom. The first-order valence-corrected chi connectivity index (χ1v) is 22.7. The van der Waals surface area contributed by atoms with Gasteiger partial charge in [0, 0.05) is 56.8 Å². The highest BCUT2D eigenvalue weighted by atomic mass is 35.5. The van der Waals surface area contributed by atoms with Crippen molar-refractivity contribution in [3.8, 4) is 0 Å². The lowest BCUT2D eigenvalue weighted by Crippen LogP contribution is -2.51. The standard InChI is InChI=1S/C26H21ClF4N2O2.C20H15ClF4N2.C6H8O3/c27-20-7-9-23(32-15-20)25(14-16-4-2-1-3-5-16,33-24(35)17-6-8-22(34)10-17)18-11-19(26(29,30)31)13-21(28)12-18;21-16-6-7-18(27-12-16)19(26,11-13-4-2-1-3-5-13)14-8-15(20(23,24)25)10-17(22)9-14;7-5-2-1-4(3-5)6(8)9/h1-5,7,9,11-13,15,17H,6,8,10,14H2,(H,33,35);1-10,12H,11,26H2;4H,1-3H2,(H,8,9)/t17?,25-;19-;/m00./s1. The van der Waals surface area contributed by atoms with Gasteiger partial charge in [-0.25, -0.2) is 8.78 Å². The van der Waals surface area contributed by atoms with Crippen molar-refractivity contribution in [3.63, 3.8) is 0 Å². The second-order valence-corrected chi connectivity index (χ2v) is 18.0. The molecule has 2 aliphatic rings. The number of hydrogen-bond donors (Lipinski definition) is 3. The molecule has 0 aliphatic heterocycles. The van der Waals surface area contributed by atoms with Gasteiger partial charge < -0.3 is 16.2 Å². The summed E-state index contributed by atoms with van der Waals surface area (Å²) in [6, 6.07) is 28.3. The fourth-order valence-electron chi connectivity index (χ4n) is 8.34. The molecule has 2 aromatic heterocycles. The average Bonchev–Trinajstić information content (AvgIpc) is 3.97. The number of hydrogen-bond acceptors (Lipinski definition) is 7. The van der Waals surface area contributed by atoms with Crippen LogP contribution >= 0.6 is 23.2 Å². The Balaban J connectivity index is 0.000000202. The molecular weight excluding hydrogens is 983 g/mol. The predicted molar refractivity (Wildman–Crippen MR) is 248 cm³/mol. The molecule has 9 nitrogen and oxygen atoms in total. The van der Waals surface area contributed by atoms with Gasteiger partial charge in [-0.1, -0.05) is 83.9 Å². The number of pyridine rings is 2. The lowest BCUT2D eigenvalue weighted by Gasteiger charge is -2.36. The zero-order valence-electron chi connectivity index (χ0n) is 37.3. The van der Waals surface area contributed by atoms with Crippen LogP contribution in [0.2, 0.25) is 10.0 Å². The van der Waals surface area contributed by atoms with E-state index in [2.05, 4.69) is 15.3 Å². The third kappa shape index (κ3) is 14.1. The Morgan fingerprint density at radius 1 is 0.606 bits per heavy atom. The van der Waals surface area contributed by atoms with E-state index in [1.54, 1.807) is 60.7 Å². The maximum Gasteiger partial charge on any atom is 0.416 e. The summed E-state index contributed by atoms with van der Waals surface area (Å²) in [5.74, 6) is -4.47. The highest BCUT2D eigenvalue weighted by molar-refractivity contribution is 6.30. The summed E-state index contributed by atoms with van der Waals surface area (Å²) in [7, 11) is 0. The Hall–Kier alpha value is -6.56. The van der Waals surface area contributed by atoms with Gasteiger partial charge in [0.2, 0.25) is 5.91 Å².